The van der Waals surface area contributed by atoms with Gasteiger partial charge in [-0.15, -0.1) is 0 Å². The number of H-pyrrole nitrogens is 1. The molecule has 0 saturated heterocycles. The normalized spacial score (nSPS) is 22.1. The van der Waals surface area contributed by atoms with Crippen molar-refractivity contribution >= 4 is 11.6 Å². The summed E-state index contributed by atoms with van der Waals surface area (Å²) in [7, 11) is 0. The van der Waals surface area contributed by atoms with Crippen LogP contribution < -0.4 is 5.32 Å². The minimum atomic E-state index is 0.0793. The number of aromatic nitrogens is 2. The minimum absolute atomic E-state index is 0.0793. The molecule has 3 rings (SSSR count). The summed E-state index contributed by atoms with van der Waals surface area (Å²) in [4.78, 5) is 19.0. The van der Waals surface area contributed by atoms with Crippen LogP contribution in [0.25, 0.3) is 0 Å². The maximum atomic E-state index is 11.9. The molecule has 4 nitrogen and oxygen atoms in total. The summed E-state index contributed by atoms with van der Waals surface area (Å²) < 4.78 is 0. The molecular weight excluding hydrogens is 214 g/mol. The quantitative estimate of drug-likeness (QED) is 0.844. The highest BCUT2D eigenvalue weighted by Gasteiger charge is 2.44. The zero-order valence-electron chi connectivity index (χ0n) is 9.26. The van der Waals surface area contributed by atoms with Gasteiger partial charge in [-0.05, 0) is 18.6 Å². The Morgan fingerprint density at radius 3 is 2.88 bits per heavy atom. The highest BCUT2D eigenvalue weighted by Crippen LogP contribution is 2.47. The molecule has 86 valence electrons. The molecule has 0 aliphatic heterocycles. The van der Waals surface area contributed by atoms with Crippen molar-refractivity contribution in [3.05, 3.63) is 48.5 Å². The van der Waals surface area contributed by atoms with Crippen molar-refractivity contribution in [2.45, 2.75) is 12.3 Å². The fourth-order valence-corrected chi connectivity index (χ4v) is 2.05. The monoisotopic (exact) mass is 227 g/mol. The molecule has 1 aromatic carbocycles. The van der Waals surface area contributed by atoms with Crippen LogP contribution in [0, 0.1) is 5.92 Å². The molecule has 17 heavy (non-hydrogen) atoms. The lowest BCUT2D eigenvalue weighted by atomic mass is 10.2. The highest BCUT2D eigenvalue weighted by molar-refractivity contribution is 5.95. The van der Waals surface area contributed by atoms with Crippen LogP contribution >= 0.6 is 0 Å². The van der Waals surface area contributed by atoms with Crippen molar-refractivity contribution in [1.82, 2.24) is 9.97 Å². The van der Waals surface area contributed by atoms with Crippen molar-refractivity contribution in [3.63, 3.8) is 0 Å². The van der Waals surface area contributed by atoms with E-state index in [-0.39, 0.29) is 11.8 Å². The van der Waals surface area contributed by atoms with Gasteiger partial charge in [-0.3, -0.25) is 4.79 Å². The largest absolute Gasteiger partial charge is 0.348 e. The number of nitrogens with one attached hydrogen (secondary N) is 2. The molecule has 4 heteroatoms. The number of carbonyl (C=O) groups excluding carboxylic acids is 1. The molecule has 1 saturated carbocycles. The summed E-state index contributed by atoms with van der Waals surface area (Å²) >= 11 is 0. The molecule has 1 heterocycles. The zero-order chi connectivity index (χ0) is 11.7. The first-order valence-electron chi connectivity index (χ1n) is 5.69. The number of anilines is 1. The first kappa shape index (κ1) is 10.1. The van der Waals surface area contributed by atoms with Gasteiger partial charge in [-0.2, -0.15) is 0 Å². The first-order valence-corrected chi connectivity index (χ1v) is 5.69. The molecule has 1 fully saturated rings. The second-order valence-corrected chi connectivity index (χ2v) is 4.31. The van der Waals surface area contributed by atoms with Gasteiger partial charge in [0.1, 0.15) is 0 Å². The van der Waals surface area contributed by atoms with Gasteiger partial charge in [-0.1, -0.05) is 18.2 Å². The lowest BCUT2D eigenvalue weighted by Gasteiger charge is -2.03. The Morgan fingerprint density at radius 1 is 1.35 bits per heavy atom. The lowest BCUT2D eigenvalue weighted by molar-refractivity contribution is -0.117. The summed E-state index contributed by atoms with van der Waals surface area (Å²) in [6.45, 7) is 0. The fourth-order valence-electron chi connectivity index (χ4n) is 2.05. The Hall–Kier alpha value is -2.10. The number of nitrogens with zero attached hydrogens (tertiary/aromatic N) is 1. The van der Waals surface area contributed by atoms with Crippen LogP contribution in [0.15, 0.2) is 42.9 Å². The summed E-state index contributed by atoms with van der Waals surface area (Å²) in [6.07, 6.45) is 4.35. The lowest BCUT2D eigenvalue weighted by Crippen LogP contribution is -2.14. The van der Waals surface area contributed by atoms with Crippen molar-refractivity contribution < 1.29 is 4.79 Å². The maximum Gasteiger partial charge on any atom is 0.228 e. The van der Waals surface area contributed by atoms with Gasteiger partial charge in [0, 0.05) is 29.4 Å². The van der Waals surface area contributed by atoms with Crippen LogP contribution in [0.5, 0.6) is 0 Å². The third-order valence-corrected chi connectivity index (χ3v) is 3.09. The van der Waals surface area contributed by atoms with Crippen LogP contribution in [0.2, 0.25) is 0 Å². The van der Waals surface area contributed by atoms with E-state index in [1.807, 2.05) is 30.3 Å². The number of imidazole rings is 1. The molecular formula is C13H13N3O. The van der Waals surface area contributed by atoms with Crippen molar-refractivity contribution in [2.24, 2.45) is 5.92 Å². The average Bonchev–Trinajstić information content (AvgIpc) is 2.98. The number of hydrogen-bond acceptors (Lipinski definition) is 2. The first-order chi connectivity index (χ1) is 8.34. The van der Waals surface area contributed by atoms with Crippen LogP contribution in [-0.4, -0.2) is 15.9 Å². The van der Waals surface area contributed by atoms with Crippen LogP contribution in [0.1, 0.15) is 18.0 Å². The van der Waals surface area contributed by atoms with Crippen LogP contribution in [0.3, 0.4) is 0 Å². The van der Waals surface area contributed by atoms with E-state index in [1.165, 1.54) is 0 Å². The Kier molecular flexibility index (Phi) is 2.40. The van der Waals surface area contributed by atoms with Gasteiger partial charge in [0.05, 0.1) is 6.33 Å². The Morgan fingerprint density at radius 2 is 2.18 bits per heavy atom. The number of hydrogen-bond donors (Lipinski definition) is 2. The third kappa shape index (κ3) is 2.06. The molecule has 1 amide bonds. The Labute approximate surface area is 99.1 Å². The summed E-state index contributed by atoms with van der Waals surface area (Å²) in [5.74, 6) is 0.479. The van der Waals surface area contributed by atoms with E-state index in [2.05, 4.69) is 15.3 Å². The summed E-state index contributed by atoms with van der Waals surface area (Å²) in [5, 5.41) is 2.92. The van der Waals surface area contributed by atoms with Crippen molar-refractivity contribution in [1.29, 1.82) is 0 Å². The predicted molar refractivity (Wildman–Crippen MR) is 64.5 cm³/mol. The third-order valence-electron chi connectivity index (χ3n) is 3.09. The van der Waals surface area contributed by atoms with Gasteiger partial charge in [0.2, 0.25) is 5.91 Å². The topological polar surface area (TPSA) is 57.8 Å². The zero-order valence-corrected chi connectivity index (χ0v) is 9.26. The summed E-state index contributed by atoms with van der Waals surface area (Å²) in [5.41, 5.74) is 1.91. The molecule has 2 aromatic rings. The molecule has 2 atom stereocenters. The highest BCUT2D eigenvalue weighted by atomic mass is 16.2. The summed E-state index contributed by atoms with van der Waals surface area (Å²) in [6, 6.07) is 9.54. The van der Waals surface area contributed by atoms with Crippen molar-refractivity contribution in [3.8, 4) is 0 Å². The van der Waals surface area contributed by atoms with E-state index in [0.717, 1.165) is 17.8 Å². The average molecular weight is 227 g/mol. The maximum absolute atomic E-state index is 11.9. The molecule has 1 unspecified atom stereocenters. The number of para-hydroxylation sites is 1. The molecule has 1 aliphatic carbocycles. The molecule has 0 radical (unpaired) electrons. The fraction of sp³-hybridized carbons (Fsp3) is 0.231. The van der Waals surface area contributed by atoms with Gasteiger partial charge < -0.3 is 10.3 Å². The molecule has 1 aliphatic rings. The van der Waals surface area contributed by atoms with Gasteiger partial charge in [0.25, 0.3) is 0 Å². The Balaban J connectivity index is 1.62. The van der Waals surface area contributed by atoms with Gasteiger partial charge in [0.15, 0.2) is 0 Å². The van der Waals surface area contributed by atoms with E-state index >= 15 is 0 Å². The van der Waals surface area contributed by atoms with Crippen molar-refractivity contribution in [2.75, 3.05) is 5.32 Å². The Bertz CT molecular complexity index is 507. The van der Waals surface area contributed by atoms with E-state index < -0.39 is 0 Å². The number of benzene rings is 1. The predicted octanol–water partition coefficient (Wildman–Crippen LogP) is 2.15. The number of aromatic amines is 1. The van der Waals surface area contributed by atoms with E-state index in [4.69, 9.17) is 0 Å². The molecule has 0 bridgehead atoms. The van der Waals surface area contributed by atoms with Crippen LogP contribution in [0.4, 0.5) is 5.69 Å². The van der Waals surface area contributed by atoms with E-state index in [0.29, 0.717) is 5.92 Å². The van der Waals surface area contributed by atoms with Crippen LogP contribution in [-0.2, 0) is 4.79 Å². The second-order valence-electron chi connectivity index (χ2n) is 4.31. The van der Waals surface area contributed by atoms with Gasteiger partial charge in [-0.25, -0.2) is 4.98 Å². The van der Waals surface area contributed by atoms with E-state index in [9.17, 15) is 4.79 Å². The molecule has 1 aromatic heterocycles. The number of rotatable bonds is 3. The smallest absolute Gasteiger partial charge is 0.228 e. The molecule has 0 spiro atoms. The molecule has 2 N–H and O–H groups in total. The number of carbonyl (C=O) groups is 1. The van der Waals surface area contributed by atoms with Gasteiger partial charge >= 0.3 is 0 Å². The van der Waals surface area contributed by atoms with E-state index in [1.54, 1.807) is 12.5 Å². The standard InChI is InChI=1S/C13H13N3O/c17-13(16-9-4-2-1-3-5-9)11-6-10(11)12-7-14-8-15-12/h1-5,7-8,10-11H,6H2,(H,14,15)(H,16,17)/t10-,11?/m0/s1. The second kappa shape index (κ2) is 4.05. The minimum Gasteiger partial charge on any atom is -0.348 e. The SMILES string of the molecule is O=C(Nc1ccccc1)C1C[C@@H]1c1cnc[nH]1. The number of amides is 1.